The molecule has 7 nitrogen and oxygen atoms in total. The van der Waals surface area contributed by atoms with Gasteiger partial charge in [-0.05, 0) is 30.2 Å². The minimum atomic E-state index is -1.17. The molecule has 2 aromatic rings. The van der Waals surface area contributed by atoms with Crippen LogP contribution >= 0.6 is 0 Å². The Morgan fingerprint density at radius 1 is 1.19 bits per heavy atom. The van der Waals surface area contributed by atoms with Crippen LogP contribution in [0, 0.1) is 11.3 Å². The molecule has 0 spiro atoms. The monoisotopic (exact) mass is 362 g/mol. The quantitative estimate of drug-likeness (QED) is 0.797. The van der Waals surface area contributed by atoms with Gasteiger partial charge in [0.2, 0.25) is 5.91 Å². The lowest BCUT2D eigenvalue weighted by Crippen LogP contribution is -2.44. The Hall–Kier alpha value is -3.66. The van der Waals surface area contributed by atoms with Crippen molar-refractivity contribution in [2.24, 2.45) is 0 Å². The van der Waals surface area contributed by atoms with Gasteiger partial charge in [0, 0.05) is 5.69 Å². The van der Waals surface area contributed by atoms with E-state index in [4.69, 9.17) is 5.26 Å². The summed E-state index contributed by atoms with van der Waals surface area (Å²) < 4.78 is 0. The highest BCUT2D eigenvalue weighted by atomic mass is 16.2. The molecule has 0 saturated carbocycles. The van der Waals surface area contributed by atoms with Crippen LogP contribution in [0.1, 0.15) is 24.5 Å². The molecule has 0 aromatic heterocycles. The van der Waals surface area contributed by atoms with Crippen molar-refractivity contribution in [3.05, 3.63) is 65.7 Å². The van der Waals surface area contributed by atoms with E-state index in [-0.39, 0.29) is 0 Å². The molecule has 0 radical (unpaired) electrons. The fourth-order valence-corrected chi connectivity index (χ4v) is 3.14. The van der Waals surface area contributed by atoms with Gasteiger partial charge < -0.3 is 10.6 Å². The Kier molecular flexibility index (Phi) is 4.90. The van der Waals surface area contributed by atoms with E-state index in [0.717, 1.165) is 4.90 Å². The maximum Gasteiger partial charge on any atom is 0.325 e. The second-order valence-electron chi connectivity index (χ2n) is 6.19. The molecule has 136 valence electrons. The molecule has 1 heterocycles. The van der Waals surface area contributed by atoms with Gasteiger partial charge in [0.1, 0.15) is 12.1 Å². The van der Waals surface area contributed by atoms with Gasteiger partial charge in [-0.25, -0.2) is 4.79 Å². The van der Waals surface area contributed by atoms with E-state index in [1.54, 1.807) is 42.5 Å². The minimum absolute atomic E-state index is 0.365. The zero-order valence-corrected chi connectivity index (χ0v) is 14.7. The number of urea groups is 1. The molecule has 0 bridgehead atoms. The van der Waals surface area contributed by atoms with Gasteiger partial charge in [0.15, 0.2) is 0 Å². The largest absolute Gasteiger partial charge is 0.325 e. The first-order valence-corrected chi connectivity index (χ1v) is 8.50. The Labute approximate surface area is 156 Å². The average molecular weight is 362 g/mol. The van der Waals surface area contributed by atoms with Gasteiger partial charge in [0.25, 0.3) is 5.91 Å². The van der Waals surface area contributed by atoms with Crippen LogP contribution in [0.15, 0.2) is 54.6 Å². The highest BCUT2D eigenvalue weighted by Gasteiger charge is 2.51. The van der Waals surface area contributed by atoms with Gasteiger partial charge >= 0.3 is 6.03 Å². The average Bonchev–Trinajstić information content (AvgIpc) is 2.94. The number of hydrogen-bond donors (Lipinski definition) is 2. The van der Waals surface area contributed by atoms with Crippen molar-refractivity contribution in [3.63, 3.8) is 0 Å². The van der Waals surface area contributed by atoms with Crippen molar-refractivity contribution >= 4 is 23.5 Å². The third-order valence-electron chi connectivity index (χ3n) is 4.55. The molecule has 0 aliphatic carbocycles. The van der Waals surface area contributed by atoms with Crippen LogP contribution in [0.4, 0.5) is 10.5 Å². The van der Waals surface area contributed by atoms with E-state index in [0.29, 0.717) is 23.2 Å². The Bertz CT molecular complexity index is 936. The van der Waals surface area contributed by atoms with Crippen LogP contribution in [0.3, 0.4) is 0 Å². The summed E-state index contributed by atoms with van der Waals surface area (Å²) in [6, 6.07) is 16.8. The number of nitrogens with zero attached hydrogens (tertiary/aromatic N) is 2. The molecule has 0 unspecified atom stereocenters. The lowest BCUT2D eigenvalue weighted by atomic mass is 9.87. The number of nitriles is 1. The lowest BCUT2D eigenvalue weighted by Gasteiger charge is -2.25. The Morgan fingerprint density at radius 3 is 2.59 bits per heavy atom. The zero-order valence-electron chi connectivity index (χ0n) is 14.7. The van der Waals surface area contributed by atoms with Crippen LogP contribution in [0.5, 0.6) is 0 Å². The molecular formula is C20H18N4O3. The molecule has 2 aromatic carbocycles. The molecule has 2 N–H and O–H groups in total. The van der Waals surface area contributed by atoms with Gasteiger partial charge in [-0.1, -0.05) is 43.3 Å². The molecule has 1 aliphatic rings. The lowest BCUT2D eigenvalue weighted by molar-refractivity contribution is -0.134. The number of carbonyl (C=O) groups is 3. The van der Waals surface area contributed by atoms with Gasteiger partial charge in [-0.2, -0.15) is 5.26 Å². The molecule has 27 heavy (non-hydrogen) atoms. The summed E-state index contributed by atoms with van der Waals surface area (Å²) in [7, 11) is 0. The highest BCUT2D eigenvalue weighted by Crippen LogP contribution is 2.32. The van der Waals surface area contributed by atoms with E-state index in [1.165, 1.54) is 6.07 Å². The topological polar surface area (TPSA) is 102 Å². The van der Waals surface area contributed by atoms with E-state index in [2.05, 4.69) is 10.6 Å². The van der Waals surface area contributed by atoms with Crippen LogP contribution in [-0.4, -0.2) is 29.3 Å². The number of carbonyl (C=O) groups excluding carboxylic acids is 3. The summed E-state index contributed by atoms with van der Waals surface area (Å²) in [6.45, 7) is 1.40. The van der Waals surface area contributed by atoms with E-state index in [1.807, 2.05) is 19.1 Å². The summed E-state index contributed by atoms with van der Waals surface area (Å²) in [5, 5.41) is 14.3. The summed E-state index contributed by atoms with van der Waals surface area (Å²) >= 11 is 0. The second-order valence-corrected chi connectivity index (χ2v) is 6.19. The first-order valence-electron chi connectivity index (χ1n) is 8.50. The number of rotatable bonds is 5. The first kappa shape index (κ1) is 18.1. The number of nitrogens with one attached hydrogen (secondary N) is 2. The van der Waals surface area contributed by atoms with Gasteiger partial charge in [-0.3, -0.25) is 14.5 Å². The normalized spacial score (nSPS) is 18.7. The Balaban J connectivity index is 1.77. The minimum Gasteiger partial charge on any atom is -0.324 e. The fourth-order valence-electron chi connectivity index (χ4n) is 3.14. The maximum atomic E-state index is 13.0. The maximum absolute atomic E-state index is 13.0. The van der Waals surface area contributed by atoms with Crippen molar-refractivity contribution in [2.75, 3.05) is 11.9 Å². The number of imide groups is 1. The van der Waals surface area contributed by atoms with Crippen molar-refractivity contribution < 1.29 is 14.4 Å². The molecular weight excluding hydrogens is 344 g/mol. The summed E-state index contributed by atoms with van der Waals surface area (Å²) in [5.74, 6) is -0.976. The third-order valence-corrected chi connectivity index (χ3v) is 4.55. The van der Waals surface area contributed by atoms with Crippen LogP contribution in [-0.2, 0) is 15.1 Å². The predicted molar refractivity (Wildman–Crippen MR) is 98.4 cm³/mol. The molecule has 1 fully saturated rings. The Morgan fingerprint density at radius 2 is 1.93 bits per heavy atom. The fraction of sp³-hybridized carbons (Fsp3) is 0.200. The van der Waals surface area contributed by atoms with Gasteiger partial charge in [-0.15, -0.1) is 0 Å². The molecule has 3 rings (SSSR count). The second kappa shape index (κ2) is 7.30. The standard InChI is InChI=1S/C20H18N4O3/c1-2-20(15-8-4-3-5-9-15)18(26)24(19(27)23-20)13-17(25)22-16-10-6-7-14(11-16)12-21/h3-11H,2,13H2,1H3,(H,22,25)(H,23,27)/t20-/m0/s1. The number of anilines is 1. The van der Waals surface area contributed by atoms with Crippen molar-refractivity contribution in [1.82, 2.24) is 10.2 Å². The molecule has 4 amide bonds. The van der Waals surface area contributed by atoms with Crippen molar-refractivity contribution in [3.8, 4) is 6.07 Å². The third kappa shape index (κ3) is 3.37. The van der Waals surface area contributed by atoms with E-state index >= 15 is 0 Å². The molecule has 1 aliphatic heterocycles. The first-order chi connectivity index (χ1) is 13.0. The predicted octanol–water partition coefficient (Wildman–Crippen LogP) is 2.35. The van der Waals surface area contributed by atoms with Crippen molar-refractivity contribution in [2.45, 2.75) is 18.9 Å². The number of hydrogen-bond acceptors (Lipinski definition) is 4. The number of amides is 4. The van der Waals surface area contributed by atoms with Gasteiger partial charge in [0.05, 0.1) is 11.6 Å². The molecule has 1 atom stereocenters. The van der Waals surface area contributed by atoms with E-state index in [9.17, 15) is 14.4 Å². The number of benzene rings is 2. The smallest absolute Gasteiger partial charge is 0.324 e. The summed E-state index contributed by atoms with van der Waals surface area (Å²) in [5.41, 5.74) is 0.336. The van der Waals surface area contributed by atoms with E-state index < -0.39 is 29.9 Å². The van der Waals surface area contributed by atoms with Crippen LogP contribution in [0.25, 0.3) is 0 Å². The zero-order chi connectivity index (χ0) is 19.4. The molecule has 7 heteroatoms. The summed E-state index contributed by atoms with van der Waals surface area (Å²) in [6.07, 6.45) is 0.365. The SMILES string of the molecule is CC[C@@]1(c2ccccc2)NC(=O)N(CC(=O)Nc2cccc(C#N)c2)C1=O. The van der Waals surface area contributed by atoms with Crippen LogP contribution in [0.2, 0.25) is 0 Å². The highest BCUT2D eigenvalue weighted by molar-refractivity contribution is 6.10. The summed E-state index contributed by atoms with van der Waals surface area (Å²) in [4.78, 5) is 38.6. The van der Waals surface area contributed by atoms with Crippen molar-refractivity contribution in [1.29, 1.82) is 5.26 Å². The molecule has 1 saturated heterocycles. The van der Waals surface area contributed by atoms with Crippen LogP contribution < -0.4 is 10.6 Å².